The highest BCUT2D eigenvalue weighted by Gasteiger charge is 2.05. The third kappa shape index (κ3) is 3.02. The maximum atomic E-state index is 12.0. The second kappa shape index (κ2) is 5.66. The maximum Gasteiger partial charge on any atom is 0.319 e. The number of rotatable bonds is 3. The predicted molar refractivity (Wildman–Crippen MR) is 83.0 cm³/mol. The van der Waals surface area contributed by atoms with E-state index in [2.05, 4.69) is 15.7 Å². The lowest BCUT2D eigenvalue weighted by atomic mass is 10.1. The number of urea groups is 1. The molecule has 0 aliphatic heterocycles. The zero-order valence-corrected chi connectivity index (χ0v) is 11.7. The van der Waals surface area contributed by atoms with Gasteiger partial charge in [0.05, 0.1) is 17.9 Å². The lowest BCUT2D eigenvalue weighted by molar-refractivity contribution is 0.251. The molecule has 21 heavy (non-hydrogen) atoms. The second-order valence-corrected chi connectivity index (χ2v) is 4.82. The molecule has 0 bridgehead atoms. The molecule has 0 atom stereocenters. The molecule has 0 spiro atoms. The van der Waals surface area contributed by atoms with E-state index < -0.39 is 0 Å². The number of aryl methyl sites for hydroxylation is 1. The van der Waals surface area contributed by atoms with Crippen molar-refractivity contribution in [3.63, 3.8) is 0 Å². The van der Waals surface area contributed by atoms with Crippen LogP contribution in [-0.4, -0.2) is 15.8 Å². The summed E-state index contributed by atoms with van der Waals surface area (Å²) in [6.07, 6.45) is 1.85. The predicted octanol–water partition coefficient (Wildman–Crippen LogP) is 2.90. The van der Waals surface area contributed by atoms with E-state index in [0.717, 1.165) is 22.2 Å². The molecule has 106 valence electrons. The molecular weight excluding hydrogens is 264 g/mol. The first-order valence-corrected chi connectivity index (χ1v) is 6.73. The summed E-state index contributed by atoms with van der Waals surface area (Å²) in [6.45, 7) is 0.400. The number of fused-ring (bicyclic) bond motifs is 1. The molecule has 2 amide bonds. The van der Waals surface area contributed by atoms with Crippen LogP contribution in [0.5, 0.6) is 0 Å². The van der Waals surface area contributed by atoms with Crippen molar-refractivity contribution in [2.75, 3.05) is 5.32 Å². The van der Waals surface area contributed by atoms with Gasteiger partial charge in [-0.15, -0.1) is 0 Å². The first kappa shape index (κ1) is 13.2. The number of carbonyl (C=O) groups is 1. The first-order chi connectivity index (χ1) is 10.2. The van der Waals surface area contributed by atoms with Crippen LogP contribution in [0.25, 0.3) is 10.8 Å². The molecule has 3 aromatic rings. The third-order valence-electron chi connectivity index (χ3n) is 3.24. The molecule has 0 radical (unpaired) electrons. The summed E-state index contributed by atoms with van der Waals surface area (Å²) in [4.78, 5) is 12.0. The van der Waals surface area contributed by atoms with Crippen LogP contribution in [0.3, 0.4) is 0 Å². The number of nitrogens with one attached hydrogen (secondary N) is 2. The molecular formula is C16H16N4O. The molecule has 0 saturated heterocycles. The third-order valence-corrected chi connectivity index (χ3v) is 3.24. The minimum absolute atomic E-state index is 0.239. The molecule has 0 aliphatic rings. The molecule has 5 nitrogen and oxygen atoms in total. The summed E-state index contributed by atoms with van der Waals surface area (Å²) in [5, 5.41) is 12.0. The van der Waals surface area contributed by atoms with Gasteiger partial charge in [-0.05, 0) is 17.5 Å². The monoisotopic (exact) mass is 280 g/mol. The Morgan fingerprint density at radius 2 is 1.95 bits per heavy atom. The molecule has 0 aliphatic carbocycles. The van der Waals surface area contributed by atoms with Crippen LogP contribution in [-0.2, 0) is 13.6 Å². The number of hydrogen-bond acceptors (Lipinski definition) is 2. The standard InChI is InChI=1S/C16H16N4O/c1-20-10-9-13(19-20)11-17-16(21)18-15-8-4-6-12-5-2-3-7-14(12)15/h2-10H,11H2,1H3,(H2,17,18,21). The van der Waals surface area contributed by atoms with Crippen molar-refractivity contribution in [3.8, 4) is 0 Å². The number of aromatic nitrogens is 2. The summed E-state index contributed by atoms with van der Waals surface area (Å²) >= 11 is 0. The Morgan fingerprint density at radius 1 is 1.14 bits per heavy atom. The van der Waals surface area contributed by atoms with E-state index in [-0.39, 0.29) is 6.03 Å². The molecule has 0 fully saturated rings. The summed E-state index contributed by atoms with van der Waals surface area (Å²) in [7, 11) is 1.85. The SMILES string of the molecule is Cn1ccc(CNC(=O)Nc2cccc3ccccc23)n1. The molecule has 0 saturated carbocycles. The number of nitrogens with zero attached hydrogens (tertiary/aromatic N) is 2. The van der Waals surface area contributed by atoms with Gasteiger partial charge in [0.15, 0.2) is 0 Å². The number of benzene rings is 2. The topological polar surface area (TPSA) is 59.0 Å². The van der Waals surface area contributed by atoms with Crippen molar-refractivity contribution < 1.29 is 4.79 Å². The van der Waals surface area contributed by atoms with Crippen LogP contribution in [0, 0.1) is 0 Å². The highest BCUT2D eigenvalue weighted by Crippen LogP contribution is 2.22. The largest absolute Gasteiger partial charge is 0.332 e. The van der Waals surface area contributed by atoms with Crippen LogP contribution in [0.15, 0.2) is 54.7 Å². The zero-order valence-electron chi connectivity index (χ0n) is 11.7. The lowest BCUT2D eigenvalue weighted by Crippen LogP contribution is -2.28. The van der Waals surface area contributed by atoms with Gasteiger partial charge in [-0.25, -0.2) is 4.79 Å². The fraction of sp³-hybridized carbons (Fsp3) is 0.125. The van der Waals surface area contributed by atoms with Crippen molar-refractivity contribution in [2.24, 2.45) is 7.05 Å². The summed E-state index contributed by atoms with van der Waals surface area (Å²) in [6, 6.07) is 15.4. The second-order valence-electron chi connectivity index (χ2n) is 4.82. The Morgan fingerprint density at radius 3 is 2.76 bits per heavy atom. The number of anilines is 1. The average Bonchev–Trinajstić information content (AvgIpc) is 2.91. The molecule has 2 N–H and O–H groups in total. The van der Waals surface area contributed by atoms with E-state index in [4.69, 9.17) is 0 Å². The molecule has 1 heterocycles. The Hall–Kier alpha value is -2.82. The van der Waals surface area contributed by atoms with Gasteiger partial charge in [0.1, 0.15) is 0 Å². The van der Waals surface area contributed by atoms with Gasteiger partial charge in [-0.1, -0.05) is 36.4 Å². The Kier molecular flexibility index (Phi) is 3.55. The molecule has 0 unspecified atom stereocenters. The van der Waals surface area contributed by atoms with Gasteiger partial charge in [0.2, 0.25) is 0 Å². The quantitative estimate of drug-likeness (QED) is 0.775. The fourth-order valence-corrected chi connectivity index (χ4v) is 2.23. The van der Waals surface area contributed by atoms with Gasteiger partial charge in [-0.2, -0.15) is 5.10 Å². The number of amides is 2. The Balaban J connectivity index is 1.69. The zero-order chi connectivity index (χ0) is 14.7. The number of carbonyl (C=O) groups excluding carboxylic acids is 1. The van der Waals surface area contributed by atoms with Crippen LogP contribution in [0.1, 0.15) is 5.69 Å². The minimum Gasteiger partial charge on any atom is -0.332 e. The van der Waals surface area contributed by atoms with E-state index in [1.165, 1.54) is 0 Å². The minimum atomic E-state index is -0.239. The maximum absolute atomic E-state index is 12.0. The van der Waals surface area contributed by atoms with Crippen LogP contribution in [0.2, 0.25) is 0 Å². The van der Waals surface area contributed by atoms with Gasteiger partial charge >= 0.3 is 6.03 Å². The highest BCUT2D eigenvalue weighted by atomic mass is 16.2. The summed E-state index contributed by atoms with van der Waals surface area (Å²) in [5.41, 5.74) is 1.62. The van der Waals surface area contributed by atoms with Crippen molar-refractivity contribution in [1.29, 1.82) is 0 Å². The van der Waals surface area contributed by atoms with E-state index in [9.17, 15) is 4.79 Å². The highest BCUT2D eigenvalue weighted by molar-refractivity contribution is 6.01. The van der Waals surface area contributed by atoms with Crippen molar-refractivity contribution in [3.05, 3.63) is 60.4 Å². The van der Waals surface area contributed by atoms with E-state index >= 15 is 0 Å². The molecule has 5 heteroatoms. The first-order valence-electron chi connectivity index (χ1n) is 6.73. The van der Waals surface area contributed by atoms with Gasteiger partial charge < -0.3 is 10.6 Å². The smallest absolute Gasteiger partial charge is 0.319 e. The lowest BCUT2D eigenvalue weighted by Gasteiger charge is -2.09. The van der Waals surface area contributed by atoms with E-state index in [1.54, 1.807) is 4.68 Å². The van der Waals surface area contributed by atoms with Crippen molar-refractivity contribution >= 4 is 22.5 Å². The van der Waals surface area contributed by atoms with Gasteiger partial charge in [0, 0.05) is 18.6 Å². The fourth-order valence-electron chi connectivity index (χ4n) is 2.23. The van der Waals surface area contributed by atoms with Crippen LogP contribution in [0.4, 0.5) is 10.5 Å². The summed E-state index contributed by atoms with van der Waals surface area (Å²) in [5.74, 6) is 0. The summed E-state index contributed by atoms with van der Waals surface area (Å²) < 4.78 is 1.71. The van der Waals surface area contributed by atoms with Crippen molar-refractivity contribution in [1.82, 2.24) is 15.1 Å². The van der Waals surface area contributed by atoms with E-state index in [0.29, 0.717) is 6.54 Å². The van der Waals surface area contributed by atoms with E-state index in [1.807, 2.05) is 61.8 Å². The van der Waals surface area contributed by atoms with Gasteiger partial charge in [0.25, 0.3) is 0 Å². The number of hydrogen-bond donors (Lipinski definition) is 2. The van der Waals surface area contributed by atoms with Crippen LogP contribution < -0.4 is 10.6 Å². The van der Waals surface area contributed by atoms with Crippen molar-refractivity contribution in [2.45, 2.75) is 6.54 Å². The Labute approximate surface area is 122 Å². The van der Waals surface area contributed by atoms with Crippen LogP contribution >= 0.6 is 0 Å². The normalized spacial score (nSPS) is 10.5. The van der Waals surface area contributed by atoms with Gasteiger partial charge in [-0.3, -0.25) is 4.68 Å². The Bertz CT molecular complexity index is 773. The average molecular weight is 280 g/mol. The molecule has 3 rings (SSSR count). The molecule has 1 aromatic heterocycles. The molecule has 2 aromatic carbocycles.